The molecule has 0 saturated heterocycles. The number of hydrogen-bond donors (Lipinski definition) is 1. The van der Waals surface area contributed by atoms with Crippen molar-refractivity contribution in [1.29, 1.82) is 0 Å². The predicted octanol–water partition coefficient (Wildman–Crippen LogP) is 5.73. The molecule has 28 heavy (non-hydrogen) atoms. The standard InChI is InChI=1S/C20H18ClFN4OS/c1-2-3-11-28-20-24-19-17(25-26-20)12-7-4-5-10-15(12)23-18(27-19)16-13(21)8-6-9-14(16)22/h4-10,18,23H,2-3,11H2,1H3. The maximum absolute atomic E-state index is 14.5. The van der Waals surface area contributed by atoms with Crippen LogP contribution < -0.4 is 10.1 Å². The average molecular weight is 417 g/mol. The maximum atomic E-state index is 14.5. The maximum Gasteiger partial charge on any atom is 0.247 e. The molecule has 0 saturated carbocycles. The lowest BCUT2D eigenvalue weighted by molar-refractivity contribution is 0.220. The number of nitrogens with zero attached hydrogens (tertiary/aromatic N) is 3. The van der Waals surface area contributed by atoms with Crippen molar-refractivity contribution in [2.75, 3.05) is 11.1 Å². The van der Waals surface area contributed by atoms with Gasteiger partial charge in [-0.3, -0.25) is 0 Å². The van der Waals surface area contributed by atoms with Gasteiger partial charge in [-0.2, -0.15) is 4.98 Å². The van der Waals surface area contributed by atoms with Gasteiger partial charge in [-0.1, -0.05) is 61.0 Å². The third-order valence-electron chi connectivity index (χ3n) is 4.32. The summed E-state index contributed by atoms with van der Waals surface area (Å²) in [5.41, 5.74) is 2.27. The van der Waals surface area contributed by atoms with Crippen LogP contribution in [-0.2, 0) is 0 Å². The molecule has 0 fully saturated rings. The number of ether oxygens (including phenoxy) is 1. The summed E-state index contributed by atoms with van der Waals surface area (Å²) < 4.78 is 20.6. The summed E-state index contributed by atoms with van der Waals surface area (Å²) in [5.74, 6) is 0.746. The van der Waals surface area contributed by atoms with E-state index >= 15 is 0 Å². The quantitative estimate of drug-likeness (QED) is 0.423. The Balaban J connectivity index is 1.78. The van der Waals surface area contributed by atoms with Crippen LogP contribution in [0.1, 0.15) is 31.6 Å². The molecule has 2 heterocycles. The Bertz CT molecular complexity index is 983. The van der Waals surface area contributed by atoms with Gasteiger partial charge in [0.1, 0.15) is 5.82 Å². The van der Waals surface area contributed by atoms with Crippen LogP contribution in [-0.4, -0.2) is 20.9 Å². The molecular weight excluding hydrogens is 399 g/mol. The normalized spacial score (nSPS) is 15.0. The number of aromatic nitrogens is 3. The smallest absolute Gasteiger partial charge is 0.247 e. The van der Waals surface area contributed by atoms with E-state index in [0.717, 1.165) is 29.8 Å². The van der Waals surface area contributed by atoms with E-state index in [0.29, 0.717) is 16.7 Å². The number of rotatable bonds is 5. The van der Waals surface area contributed by atoms with Crippen LogP contribution in [0.4, 0.5) is 10.1 Å². The highest BCUT2D eigenvalue weighted by Gasteiger charge is 2.29. The highest BCUT2D eigenvalue weighted by molar-refractivity contribution is 7.99. The van der Waals surface area contributed by atoms with Crippen molar-refractivity contribution in [2.24, 2.45) is 0 Å². The molecule has 2 aromatic carbocycles. The summed E-state index contributed by atoms with van der Waals surface area (Å²) in [5, 5.41) is 12.6. The second-order valence-corrected chi connectivity index (χ2v) is 7.74. The van der Waals surface area contributed by atoms with Crippen LogP contribution in [0.25, 0.3) is 11.3 Å². The van der Waals surface area contributed by atoms with Gasteiger partial charge in [-0.05, 0) is 24.6 Å². The van der Waals surface area contributed by atoms with Crippen LogP contribution in [0, 0.1) is 5.82 Å². The topological polar surface area (TPSA) is 59.9 Å². The van der Waals surface area contributed by atoms with E-state index in [1.807, 2.05) is 24.3 Å². The SMILES string of the molecule is CCCCSc1nnc2c(n1)OC(c1c(F)cccc1Cl)Nc1ccccc1-2. The zero-order valence-electron chi connectivity index (χ0n) is 15.2. The summed E-state index contributed by atoms with van der Waals surface area (Å²) in [7, 11) is 0. The molecule has 1 N–H and O–H groups in total. The lowest BCUT2D eigenvalue weighted by Crippen LogP contribution is -2.19. The number of para-hydroxylation sites is 1. The molecule has 1 unspecified atom stereocenters. The van der Waals surface area contributed by atoms with Crippen molar-refractivity contribution in [1.82, 2.24) is 15.2 Å². The zero-order chi connectivity index (χ0) is 19.5. The van der Waals surface area contributed by atoms with E-state index in [-0.39, 0.29) is 10.6 Å². The van der Waals surface area contributed by atoms with E-state index in [1.165, 1.54) is 17.8 Å². The minimum absolute atomic E-state index is 0.227. The van der Waals surface area contributed by atoms with Gasteiger partial charge in [0, 0.05) is 17.0 Å². The number of hydrogen-bond acceptors (Lipinski definition) is 6. The summed E-state index contributed by atoms with van der Waals surface area (Å²) in [6, 6.07) is 12.1. The van der Waals surface area contributed by atoms with Gasteiger partial charge in [0.15, 0.2) is 5.69 Å². The lowest BCUT2D eigenvalue weighted by Gasteiger charge is -2.20. The molecule has 5 nitrogen and oxygen atoms in total. The first-order valence-corrected chi connectivity index (χ1v) is 10.4. The summed E-state index contributed by atoms with van der Waals surface area (Å²) >= 11 is 7.80. The third-order valence-corrected chi connectivity index (χ3v) is 5.58. The Morgan fingerprint density at radius 2 is 2.04 bits per heavy atom. The Kier molecular flexibility index (Phi) is 5.64. The van der Waals surface area contributed by atoms with Gasteiger partial charge in [-0.25, -0.2) is 4.39 Å². The number of anilines is 1. The highest BCUT2D eigenvalue weighted by Crippen LogP contribution is 2.41. The van der Waals surface area contributed by atoms with Gasteiger partial charge >= 0.3 is 0 Å². The molecule has 8 heteroatoms. The third kappa shape index (κ3) is 3.77. The first-order chi connectivity index (χ1) is 13.7. The molecule has 144 valence electrons. The number of unbranched alkanes of at least 4 members (excludes halogenated alkanes) is 1. The largest absolute Gasteiger partial charge is 0.448 e. The van der Waals surface area contributed by atoms with Crippen molar-refractivity contribution in [2.45, 2.75) is 31.1 Å². The molecule has 0 bridgehead atoms. The molecule has 0 radical (unpaired) electrons. The number of fused-ring (bicyclic) bond motifs is 3. The van der Waals surface area contributed by atoms with Crippen LogP contribution >= 0.6 is 23.4 Å². The predicted molar refractivity (Wildman–Crippen MR) is 109 cm³/mol. The summed E-state index contributed by atoms with van der Waals surface area (Å²) in [4.78, 5) is 4.54. The molecule has 0 aliphatic carbocycles. The van der Waals surface area contributed by atoms with E-state index in [1.54, 1.807) is 12.1 Å². The second-order valence-electron chi connectivity index (χ2n) is 6.27. The second kappa shape index (κ2) is 8.32. The first kappa shape index (κ1) is 19.0. The minimum atomic E-state index is -0.846. The Labute approximate surface area is 171 Å². The Hall–Kier alpha value is -2.38. The van der Waals surface area contributed by atoms with Gasteiger partial charge in [0.25, 0.3) is 0 Å². The molecule has 1 aromatic heterocycles. The molecule has 0 amide bonds. The van der Waals surface area contributed by atoms with Gasteiger partial charge in [0.2, 0.25) is 17.3 Å². The summed E-state index contributed by atoms with van der Waals surface area (Å²) in [6.07, 6.45) is 1.30. The van der Waals surface area contributed by atoms with Gasteiger partial charge in [0.05, 0.1) is 10.6 Å². The van der Waals surface area contributed by atoms with E-state index in [2.05, 4.69) is 27.4 Å². The minimum Gasteiger partial charge on any atom is -0.448 e. The van der Waals surface area contributed by atoms with Crippen LogP contribution in [0.3, 0.4) is 0 Å². The Morgan fingerprint density at radius 3 is 2.86 bits per heavy atom. The number of thioether (sulfide) groups is 1. The molecule has 3 aromatic rings. The fourth-order valence-electron chi connectivity index (χ4n) is 2.91. The van der Waals surface area contributed by atoms with Gasteiger partial charge in [-0.15, -0.1) is 10.2 Å². The summed E-state index contributed by atoms with van der Waals surface area (Å²) in [6.45, 7) is 2.13. The van der Waals surface area contributed by atoms with Crippen molar-refractivity contribution in [3.05, 3.63) is 58.9 Å². The fourth-order valence-corrected chi connectivity index (χ4v) is 4.03. The fraction of sp³-hybridized carbons (Fsp3) is 0.250. The zero-order valence-corrected chi connectivity index (χ0v) is 16.7. The molecule has 1 aliphatic rings. The van der Waals surface area contributed by atoms with E-state index in [4.69, 9.17) is 16.3 Å². The number of benzene rings is 2. The molecular formula is C20H18ClFN4OS. The van der Waals surface area contributed by atoms with Crippen molar-refractivity contribution >= 4 is 29.1 Å². The van der Waals surface area contributed by atoms with Crippen molar-refractivity contribution in [3.8, 4) is 17.1 Å². The monoisotopic (exact) mass is 416 g/mol. The van der Waals surface area contributed by atoms with Crippen molar-refractivity contribution < 1.29 is 9.13 Å². The van der Waals surface area contributed by atoms with E-state index < -0.39 is 12.0 Å². The van der Waals surface area contributed by atoms with Crippen molar-refractivity contribution in [3.63, 3.8) is 0 Å². The number of nitrogens with one attached hydrogen (secondary N) is 1. The number of halogens is 2. The van der Waals surface area contributed by atoms with Gasteiger partial charge < -0.3 is 10.1 Å². The average Bonchev–Trinajstić information content (AvgIpc) is 2.84. The van der Waals surface area contributed by atoms with Crippen LogP contribution in [0.2, 0.25) is 5.02 Å². The highest BCUT2D eigenvalue weighted by atomic mass is 35.5. The van der Waals surface area contributed by atoms with E-state index in [9.17, 15) is 4.39 Å². The van der Waals surface area contributed by atoms with Crippen LogP contribution in [0.5, 0.6) is 5.88 Å². The molecule has 4 rings (SSSR count). The lowest BCUT2D eigenvalue weighted by atomic mass is 10.1. The Morgan fingerprint density at radius 1 is 1.18 bits per heavy atom. The first-order valence-electron chi connectivity index (χ1n) is 9.01. The molecule has 1 aliphatic heterocycles. The molecule has 1 atom stereocenters. The van der Waals surface area contributed by atoms with Crippen LogP contribution in [0.15, 0.2) is 47.6 Å². The molecule has 0 spiro atoms.